The zero-order valence-electron chi connectivity index (χ0n) is 21.0. The Labute approximate surface area is 216 Å². The highest BCUT2D eigenvalue weighted by atomic mass is 79.9. The molecule has 0 fully saturated rings. The van der Waals surface area contributed by atoms with Gasteiger partial charge in [0.05, 0.1) is 19.1 Å². The van der Waals surface area contributed by atoms with Crippen molar-refractivity contribution in [3.63, 3.8) is 0 Å². The van der Waals surface area contributed by atoms with Crippen LogP contribution in [0, 0.1) is 6.92 Å². The lowest BCUT2D eigenvalue weighted by Gasteiger charge is -2.32. The minimum Gasteiger partial charge on any atom is -0.497 e. The molecule has 192 valence electrons. The van der Waals surface area contributed by atoms with Crippen LogP contribution >= 0.6 is 15.9 Å². The van der Waals surface area contributed by atoms with Crippen molar-refractivity contribution < 1.29 is 22.7 Å². The number of methoxy groups -OCH3 is 1. The van der Waals surface area contributed by atoms with E-state index in [1.165, 1.54) is 4.90 Å². The minimum absolute atomic E-state index is 0.0545. The third-order valence-electron chi connectivity index (χ3n) is 5.79. The summed E-state index contributed by atoms with van der Waals surface area (Å²) in [5.74, 6) is -0.117. The number of carbonyl (C=O) groups excluding carboxylic acids is 2. The summed E-state index contributed by atoms with van der Waals surface area (Å²) in [7, 11) is -2.21. The van der Waals surface area contributed by atoms with Crippen molar-refractivity contribution in [2.45, 2.75) is 52.7 Å². The molecule has 8 nitrogen and oxygen atoms in total. The molecule has 35 heavy (non-hydrogen) atoms. The van der Waals surface area contributed by atoms with Crippen LogP contribution in [0.2, 0.25) is 0 Å². The van der Waals surface area contributed by atoms with Crippen LogP contribution in [0.25, 0.3) is 0 Å². The number of amides is 2. The molecule has 10 heteroatoms. The van der Waals surface area contributed by atoms with Gasteiger partial charge in [-0.15, -0.1) is 0 Å². The van der Waals surface area contributed by atoms with Crippen LogP contribution < -0.4 is 14.4 Å². The second-order valence-electron chi connectivity index (χ2n) is 8.57. The number of hydrogen-bond acceptors (Lipinski definition) is 5. The maximum Gasteiger partial charge on any atom is 0.244 e. The fourth-order valence-corrected chi connectivity index (χ4v) is 4.46. The van der Waals surface area contributed by atoms with Gasteiger partial charge in [0.25, 0.3) is 0 Å². The lowest BCUT2D eigenvalue weighted by molar-refractivity contribution is -0.139. The summed E-state index contributed by atoms with van der Waals surface area (Å²) in [5.41, 5.74) is 2.00. The van der Waals surface area contributed by atoms with E-state index in [1.54, 1.807) is 44.4 Å². The zero-order chi connectivity index (χ0) is 26.3. The molecule has 0 saturated carbocycles. The van der Waals surface area contributed by atoms with Gasteiger partial charge in [0.1, 0.15) is 18.3 Å². The summed E-state index contributed by atoms with van der Waals surface area (Å²) < 4.78 is 32.4. The van der Waals surface area contributed by atoms with Gasteiger partial charge in [-0.1, -0.05) is 35.0 Å². The van der Waals surface area contributed by atoms with Crippen LogP contribution in [0.3, 0.4) is 0 Å². The molecule has 1 N–H and O–H groups in total. The average Bonchev–Trinajstić information content (AvgIpc) is 2.81. The fraction of sp³-hybridized carbons (Fsp3) is 0.440. The minimum atomic E-state index is -3.77. The van der Waals surface area contributed by atoms with Gasteiger partial charge in [0.2, 0.25) is 21.8 Å². The number of anilines is 1. The third kappa shape index (κ3) is 7.96. The maximum absolute atomic E-state index is 13.6. The standard InChI is InChI=1S/C25H34BrN3O5S/c1-7-18(3)27-25(31)19(4)28(15-20-8-11-22(34-5)12-9-20)24(30)16-29(35(6,32)33)21-10-13-23(26)17(2)14-21/h8-14,18-19H,7,15-16H2,1-6H3,(H,27,31)/t18-,19+/m0/s1. The van der Waals surface area contributed by atoms with Gasteiger partial charge in [0.15, 0.2) is 0 Å². The zero-order valence-corrected chi connectivity index (χ0v) is 23.4. The normalized spacial score (nSPS) is 13.0. The SMILES string of the molecule is CC[C@H](C)NC(=O)[C@@H](C)N(Cc1ccc(OC)cc1)C(=O)CN(c1ccc(Br)c(C)c1)S(C)(=O)=O. The summed E-state index contributed by atoms with van der Waals surface area (Å²) >= 11 is 3.41. The summed E-state index contributed by atoms with van der Waals surface area (Å²) in [6, 6.07) is 11.4. The van der Waals surface area contributed by atoms with E-state index >= 15 is 0 Å². The predicted molar refractivity (Wildman–Crippen MR) is 142 cm³/mol. The van der Waals surface area contributed by atoms with E-state index in [1.807, 2.05) is 32.9 Å². The van der Waals surface area contributed by atoms with Crippen molar-refractivity contribution >= 4 is 43.5 Å². The monoisotopic (exact) mass is 567 g/mol. The average molecular weight is 569 g/mol. The lowest BCUT2D eigenvalue weighted by atomic mass is 10.1. The molecule has 0 heterocycles. The van der Waals surface area contributed by atoms with E-state index in [4.69, 9.17) is 4.74 Å². The highest BCUT2D eigenvalue weighted by molar-refractivity contribution is 9.10. The number of hydrogen-bond donors (Lipinski definition) is 1. The van der Waals surface area contributed by atoms with Gasteiger partial charge in [-0.25, -0.2) is 8.42 Å². The van der Waals surface area contributed by atoms with Crippen LogP contribution in [0.15, 0.2) is 46.9 Å². The molecule has 0 spiro atoms. The first kappa shape index (κ1) is 28.6. The van der Waals surface area contributed by atoms with Crippen molar-refractivity contribution in [1.82, 2.24) is 10.2 Å². The number of benzene rings is 2. The van der Waals surface area contributed by atoms with E-state index < -0.39 is 28.5 Å². The molecule has 2 amide bonds. The summed E-state index contributed by atoms with van der Waals surface area (Å²) in [6.07, 6.45) is 1.81. The molecule has 0 aliphatic rings. The molecule has 0 aliphatic heterocycles. The van der Waals surface area contributed by atoms with Crippen LogP contribution in [0.5, 0.6) is 5.75 Å². The van der Waals surface area contributed by atoms with E-state index in [-0.39, 0.29) is 18.5 Å². The Morgan fingerprint density at radius 3 is 2.26 bits per heavy atom. The number of sulfonamides is 1. The van der Waals surface area contributed by atoms with Gasteiger partial charge in [-0.3, -0.25) is 13.9 Å². The van der Waals surface area contributed by atoms with Gasteiger partial charge in [-0.05, 0) is 68.7 Å². The van der Waals surface area contributed by atoms with Crippen molar-refractivity contribution in [2.75, 3.05) is 24.2 Å². The Morgan fingerprint density at radius 2 is 1.74 bits per heavy atom. The first-order chi connectivity index (χ1) is 16.4. The Morgan fingerprint density at radius 1 is 1.11 bits per heavy atom. The number of nitrogens with one attached hydrogen (secondary N) is 1. The number of halogens is 1. The summed E-state index contributed by atoms with van der Waals surface area (Å²) in [4.78, 5) is 27.9. The molecule has 2 aromatic rings. The molecule has 0 saturated heterocycles. The van der Waals surface area contributed by atoms with Crippen LogP contribution in [0.4, 0.5) is 5.69 Å². The molecule has 0 bridgehead atoms. The fourth-order valence-electron chi connectivity index (χ4n) is 3.37. The molecule has 0 aliphatic carbocycles. The largest absolute Gasteiger partial charge is 0.497 e. The van der Waals surface area contributed by atoms with Crippen LogP contribution in [-0.2, 0) is 26.2 Å². The van der Waals surface area contributed by atoms with Crippen LogP contribution in [0.1, 0.15) is 38.3 Å². The van der Waals surface area contributed by atoms with E-state index in [2.05, 4.69) is 21.2 Å². The number of aryl methyl sites for hydroxylation is 1. The highest BCUT2D eigenvalue weighted by Crippen LogP contribution is 2.25. The molecular formula is C25H34BrN3O5S. The van der Waals surface area contributed by atoms with Crippen molar-refractivity contribution in [3.05, 3.63) is 58.1 Å². The molecule has 0 unspecified atom stereocenters. The highest BCUT2D eigenvalue weighted by Gasteiger charge is 2.30. The maximum atomic E-state index is 13.6. The predicted octanol–water partition coefficient (Wildman–Crippen LogP) is 3.86. The summed E-state index contributed by atoms with van der Waals surface area (Å²) in [6.45, 7) is 7.04. The molecule has 2 aromatic carbocycles. The Hall–Kier alpha value is -2.59. The van der Waals surface area contributed by atoms with E-state index in [0.717, 1.165) is 32.6 Å². The second-order valence-corrected chi connectivity index (χ2v) is 11.3. The van der Waals surface area contributed by atoms with Gasteiger partial charge in [0, 0.05) is 17.1 Å². The van der Waals surface area contributed by atoms with Crippen molar-refractivity contribution in [2.24, 2.45) is 0 Å². The second kappa shape index (κ2) is 12.4. The van der Waals surface area contributed by atoms with Crippen LogP contribution in [-0.4, -0.2) is 57.1 Å². The van der Waals surface area contributed by atoms with Crippen molar-refractivity contribution in [1.29, 1.82) is 0 Å². The molecule has 2 rings (SSSR count). The summed E-state index contributed by atoms with van der Waals surface area (Å²) in [5, 5.41) is 2.91. The van der Waals surface area contributed by atoms with Gasteiger partial charge in [-0.2, -0.15) is 0 Å². The lowest BCUT2D eigenvalue weighted by Crippen LogP contribution is -2.52. The topological polar surface area (TPSA) is 96.0 Å². The first-order valence-electron chi connectivity index (χ1n) is 11.3. The van der Waals surface area contributed by atoms with Gasteiger partial charge < -0.3 is 15.0 Å². The first-order valence-corrected chi connectivity index (χ1v) is 14.0. The number of ether oxygens (including phenoxy) is 1. The molecule has 0 radical (unpaired) electrons. The number of nitrogens with zero attached hydrogens (tertiary/aromatic N) is 2. The molecular weight excluding hydrogens is 534 g/mol. The number of carbonyl (C=O) groups is 2. The van der Waals surface area contributed by atoms with E-state index in [0.29, 0.717) is 11.4 Å². The Balaban J connectivity index is 2.40. The smallest absolute Gasteiger partial charge is 0.244 e. The Bertz CT molecular complexity index is 1140. The molecule has 2 atom stereocenters. The van der Waals surface area contributed by atoms with Gasteiger partial charge >= 0.3 is 0 Å². The van der Waals surface area contributed by atoms with E-state index in [9.17, 15) is 18.0 Å². The molecule has 0 aromatic heterocycles. The quantitative estimate of drug-likeness (QED) is 0.444. The number of rotatable bonds is 11. The third-order valence-corrected chi connectivity index (χ3v) is 7.82. The Kier molecular flexibility index (Phi) is 10.1. The van der Waals surface area contributed by atoms with Crippen molar-refractivity contribution in [3.8, 4) is 5.75 Å².